The van der Waals surface area contributed by atoms with Gasteiger partial charge in [-0.05, 0) is 45.4 Å². The summed E-state index contributed by atoms with van der Waals surface area (Å²) in [7, 11) is 1.78. The monoisotopic (exact) mass is 445 g/mol. The number of carbonyl (C=O) groups is 1. The number of benzene rings is 1. The van der Waals surface area contributed by atoms with Crippen LogP contribution in [0.25, 0.3) is 10.2 Å². The van der Waals surface area contributed by atoms with Gasteiger partial charge in [0.2, 0.25) is 5.91 Å². The molecule has 0 radical (unpaired) electrons. The molecule has 0 saturated heterocycles. The van der Waals surface area contributed by atoms with Crippen molar-refractivity contribution in [2.45, 2.75) is 38.7 Å². The van der Waals surface area contributed by atoms with E-state index in [0.29, 0.717) is 30.1 Å². The largest absolute Gasteiger partial charge is 0.492 e. The number of hydrogen-bond donors (Lipinski definition) is 1. The number of hydrogen-bond acceptors (Lipinski definition) is 6. The summed E-state index contributed by atoms with van der Waals surface area (Å²) in [5, 5.41) is 0.422. The molecule has 1 N–H and O–H groups in total. The number of rotatable bonds is 8. The number of likely N-dealkylation sites (N-methyl/N-ethyl adjacent to an activating group) is 1. The number of amides is 1. The lowest BCUT2D eigenvalue weighted by molar-refractivity contribution is -0.129. The van der Waals surface area contributed by atoms with Crippen LogP contribution >= 0.6 is 23.1 Å². The molecule has 0 bridgehead atoms. The van der Waals surface area contributed by atoms with E-state index in [4.69, 9.17) is 4.74 Å². The zero-order chi connectivity index (χ0) is 21.8. The minimum atomic E-state index is -0.248. The molecule has 2 heterocycles. The van der Waals surface area contributed by atoms with Gasteiger partial charge in [0, 0.05) is 11.9 Å². The van der Waals surface area contributed by atoms with Gasteiger partial charge in [-0.3, -0.25) is 9.59 Å². The fraction of sp³-hybridized carbons (Fsp3) is 0.409. The van der Waals surface area contributed by atoms with Crippen LogP contribution in [0, 0.1) is 20.8 Å². The number of nitrogens with zero attached hydrogens (tertiary/aromatic N) is 2. The van der Waals surface area contributed by atoms with Gasteiger partial charge >= 0.3 is 0 Å². The van der Waals surface area contributed by atoms with Crippen molar-refractivity contribution in [1.82, 2.24) is 14.9 Å². The highest BCUT2D eigenvalue weighted by molar-refractivity contribution is 7.99. The van der Waals surface area contributed by atoms with Crippen LogP contribution in [-0.2, 0) is 10.5 Å². The quantitative estimate of drug-likeness (QED) is 0.566. The Kier molecular flexibility index (Phi) is 7.20. The standard InChI is InChI=1S/C22H27N3O3S2/c1-13-6-8-17(9-7-13)28-11-10-25(5)22(27)16(4)29-12-18-23-20(26)19-14(2)15(3)30-21(19)24-18/h6-9,16H,10-12H2,1-5H3,(H,23,24,26). The van der Waals surface area contributed by atoms with E-state index in [1.165, 1.54) is 28.7 Å². The maximum Gasteiger partial charge on any atom is 0.259 e. The normalized spacial score (nSPS) is 12.2. The van der Waals surface area contributed by atoms with Crippen molar-refractivity contribution in [2.75, 3.05) is 20.2 Å². The van der Waals surface area contributed by atoms with Gasteiger partial charge in [-0.1, -0.05) is 17.7 Å². The van der Waals surface area contributed by atoms with Crippen molar-refractivity contribution in [2.24, 2.45) is 0 Å². The number of aromatic nitrogens is 2. The van der Waals surface area contributed by atoms with E-state index in [0.717, 1.165) is 21.0 Å². The summed E-state index contributed by atoms with van der Waals surface area (Å²) >= 11 is 3.00. The topological polar surface area (TPSA) is 75.3 Å². The summed E-state index contributed by atoms with van der Waals surface area (Å²) < 4.78 is 5.71. The molecule has 3 rings (SSSR count). The number of H-pyrrole nitrogens is 1. The maximum atomic E-state index is 12.6. The second-order valence-corrected chi connectivity index (χ2v) is 9.88. The van der Waals surface area contributed by atoms with Crippen LogP contribution < -0.4 is 10.3 Å². The van der Waals surface area contributed by atoms with Gasteiger partial charge in [-0.2, -0.15) is 0 Å². The third-order valence-electron chi connectivity index (χ3n) is 5.00. The molecule has 1 unspecified atom stereocenters. The molecule has 0 aliphatic carbocycles. The molecule has 1 amide bonds. The molecule has 1 aromatic carbocycles. The minimum absolute atomic E-state index is 0.0266. The van der Waals surface area contributed by atoms with Crippen LogP contribution in [0.15, 0.2) is 29.1 Å². The predicted octanol–water partition coefficient (Wildman–Crippen LogP) is 4.07. The Labute approximate surface area is 184 Å². The van der Waals surface area contributed by atoms with Crippen LogP contribution in [0.2, 0.25) is 0 Å². The first-order chi connectivity index (χ1) is 14.3. The molecule has 2 aromatic heterocycles. The van der Waals surface area contributed by atoms with E-state index >= 15 is 0 Å². The molecule has 160 valence electrons. The Bertz CT molecular complexity index is 1090. The molecule has 0 aliphatic rings. The molecule has 0 spiro atoms. The highest BCUT2D eigenvalue weighted by Gasteiger charge is 2.19. The summed E-state index contributed by atoms with van der Waals surface area (Å²) in [5.74, 6) is 1.90. The van der Waals surface area contributed by atoms with Crippen LogP contribution in [0.1, 0.15) is 28.8 Å². The third-order valence-corrected chi connectivity index (χ3v) is 7.24. The third kappa shape index (κ3) is 5.23. The number of aryl methyl sites for hydroxylation is 3. The van der Waals surface area contributed by atoms with Gasteiger partial charge in [0.1, 0.15) is 23.0 Å². The predicted molar refractivity (Wildman–Crippen MR) is 125 cm³/mol. The van der Waals surface area contributed by atoms with Crippen LogP contribution in [-0.4, -0.2) is 46.2 Å². The van der Waals surface area contributed by atoms with Gasteiger partial charge in [0.05, 0.1) is 22.9 Å². The van der Waals surface area contributed by atoms with E-state index < -0.39 is 0 Å². The van der Waals surface area contributed by atoms with Crippen molar-refractivity contribution < 1.29 is 9.53 Å². The number of thioether (sulfide) groups is 1. The first kappa shape index (κ1) is 22.4. The molecular formula is C22H27N3O3S2. The summed E-state index contributed by atoms with van der Waals surface area (Å²) in [5.41, 5.74) is 2.06. The van der Waals surface area contributed by atoms with E-state index in [2.05, 4.69) is 9.97 Å². The van der Waals surface area contributed by atoms with E-state index in [1.807, 2.05) is 52.0 Å². The molecular weight excluding hydrogens is 418 g/mol. The SMILES string of the molecule is Cc1ccc(OCCN(C)C(=O)C(C)SCc2nc3sc(C)c(C)c3c(=O)[nH]2)cc1. The zero-order valence-electron chi connectivity index (χ0n) is 17.9. The maximum absolute atomic E-state index is 12.6. The second-order valence-electron chi connectivity index (χ2n) is 7.35. The van der Waals surface area contributed by atoms with Gasteiger partial charge in [0.15, 0.2) is 0 Å². The molecule has 6 nitrogen and oxygen atoms in total. The van der Waals surface area contributed by atoms with Gasteiger partial charge < -0.3 is 14.6 Å². The summed E-state index contributed by atoms with van der Waals surface area (Å²) in [6.45, 7) is 8.78. The van der Waals surface area contributed by atoms with Crippen LogP contribution in [0.4, 0.5) is 0 Å². The first-order valence-corrected chi connectivity index (χ1v) is 11.7. The zero-order valence-corrected chi connectivity index (χ0v) is 19.6. The Morgan fingerprint density at radius 3 is 2.67 bits per heavy atom. The number of ether oxygens (including phenoxy) is 1. The lowest BCUT2D eigenvalue weighted by atomic mass is 10.2. The number of fused-ring (bicyclic) bond motifs is 1. The van der Waals surface area contributed by atoms with Gasteiger partial charge in [0.25, 0.3) is 5.56 Å². The van der Waals surface area contributed by atoms with Crippen molar-refractivity contribution >= 4 is 39.2 Å². The Morgan fingerprint density at radius 1 is 1.27 bits per heavy atom. The highest BCUT2D eigenvalue weighted by Crippen LogP contribution is 2.26. The Hall–Kier alpha value is -2.32. The molecule has 8 heteroatoms. The Morgan fingerprint density at radius 2 is 1.97 bits per heavy atom. The molecule has 0 fully saturated rings. The lowest BCUT2D eigenvalue weighted by Gasteiger charge is -2.21. The lowest BCUT2D eigenvalue weighted by Crippen LogP contribution is -2.36. The van der Waals surface area contributed by atoms with Crippen molar-refractivity contribution in [3.63, 3.8) is 0 Å². The van der Waals surface area contributed by atoms with Crippen LogP contribution in [0.3, 0.4) is 0 Å². The second kappa shape index (κ2) is 9.66. The van der Waals surface area contributed by atoms with Crippen molar-refractivity contribution in [3.8, 4) is 5.75 Å². The van der Waals surface area contributed by atoms with Gasteiger partial charge in [-0.15, -0.1) is 23.1 Å². The summed E-state index contributed by atoms with van der Waals surface area (Å²) in [4.78, 5) is 36.0. The summed E-state index contributed by atoms with van der Waals surface area (Å²) in [6, 6.07) is 7.85. The minimum Gasteiger partial charge on any atom is -0.492 e. The number of nitrogens with one attached hydrogen (secondary N) is 1. The first-order valence-electron chi connectivity index (χ1n) is 9.81. The fourth-order valence-electron chi connectivity index (χ4n) is 3.00. The average Bonchev–Trinajstić information content (AvgIpc) is 3.01. The number of carbonyl (C=O) groups excluding carboxylic acids is 1. The Balaban J connectivity index is 1.51. The number of thiophene rings is 1. The fourth-order valence-corrected chi connectivity index (χ4v) is 4.91. The highest BCUT2D eigenvalue weighted by atomic mass is 32.2. The molecule has 30 heavy (non-hydrogen) atoms. The average molecular weight is 446 g/mol. The molecule has 0 saturated carbocycles. The molecule has 3 aromatic rings. The van der Waals surface area contributed by atoms with Crippen molar-refractivity contribution in [1.29, 1.82) is 0 Å². The number of aromatic amines is 1. The molecule has 0 aliphatic heterocycles. The van der Waals surface area contributed by atoms with E-state index in [1.54, 1.807) is 11.9 Å². The smallest absolute Gasteiger partial charge is 0.259 e. The van der Waals surface area contributed by atoms with E-state index in [-0.39, 0.29) is 16.7 Å². The van der Waals surface area contributed by atoms with Gasteiger partial charge in [-0.25, -0.2) is 4.98 Å². The summed E-state index contributed by atoms with van der Waals surface area (Å²) in [6.07, 6.45) is 0. The van der Waals surface area contributed by atoms with E-state index in [9.17, 15) is 9.59 Å². The molecule has 1 atom stereocenters. The van der Waals surface area contributed by atoms with Crippen molar-refractivity contribution in [3.05, 3.63) is 56.4 Å². The van der Waals surface area contributed by atoms with Crippen LogP contribution in [0.5, 0.6) is 5.75 Å².